The molecule has 0 unspecified atom stereocenters. The van der Waals surface area contributed by atoms with Crippen LogP contribution in [0, 0.1) is 5.92 Å². The van der Waals surface area contributed by atoms with Crippen LogP contribution in [0.3, 0.4) is 0 Å². The molecule has 1 amide bonds. The molecular formula is C18H22N4O3. The topological polar surface area (TPSA) is 93.2 Å². The van der Waals surface area contributed by atoms with Crippen molar-refractivity contribution in [1.29, 1.82) is 0 Å². The lowest BCUT2D eigenvalue weighted by Crippen LogP contribution is -2.26. The van der Waals surface area contributed by atoms with Crippen molar-refractivity contribution >= 4 is 23.5 Å². The molecule has 1 heterocycles. The van der Waals surface area contributed by atoms with Crippen molar-refractivity contribution in [3.8, 4) is 0 Å². The summed E-state index contributed by atoms with van der Waals surface area (Å²) in [7, 11) is 1.32. The van der Waals surface area contributed by atoms with Gasteiger partial charge in [0.2, 0.25) is 5.95 Å². The number of ether oxygens (including phenoxy) is 1. The minimum Gasteiger partial charge on any atom is -0.465 e. The first kappa shape index (κ1) is 18.4. The first-order valence-corrected chi connectivity index (χ1v) is 8.07. The van der Waals surface area contributed by atoms with Gasteiger partial charge >= 0.3 is 5.97 Å². The normalized spacial score (nSPS) is 10.4. The number of hydrogen-bond acceptors (Lipinski definition) is 6. The Hall–Kier alpha value is -2.96. The number of amides is 1. The number of esters is 1. The lowest BCUT2D eigenvalue weighted by Gasteiger charge is -2.10. The molecule has 0 radical (unpaired) electrons. The number of carbonyl (C=O) groups is 2. The average molecular weight is 342 g/mol. The second-order valence-corrected chi connectivity index (χ2v) is 5.87. The molecule has 0 spiro atoms. The van der Waals surface area contributed by atoms with Gasteiger partial charge in [-0.25, -0.2) is 14.8 Å². The van der Waals surface area contributed by atoms with Crippen LogP contribution < -0.4 is 10.6 Å². The van der Waals surface area contributed by atoms with Crippen LogP contribution in [0.4, 0.5) is 11.6 Å². The molecule has 0 aliphatic carbocycles. The molecule has 1 aromatic heterocycles. The second-order valence-electron chi connectivity index (χ2n) is 5.87. The van der Waals surface area contributed by atoms with Crippen LogP contribution in [0.25, 0.3) is 0 Å². The Morgan fingerprint density at radius 2 is 1.96 bits per heavy atom. The molecule has 0 atom stereocenters. The molecule has 2 N–H and O–H groups in total. The molecule has 25 heavy (non-hydrogen) atoms. The number of rotatable bonds is 7. The third-order valence-corrected chi connectivity index (χ3v) is 3.47. The largest absolute Gasteiger partial charge is 0.465 e. The SMILES string of the molecule is COC(=O)c1ccccc1Nc1nccc(C(=O)NCCC(C)C)n1. The molecule has 2 rings (SSSR count). The van der Waals surface area contributed by atoms with Crippen molar-refractivity contribution in [2.45, 2.75) is 20.3 Å². The maximum Gasteiger partial charge on any atom is 0.339 e. The van der Waals surface area contributed by atoms with Crippen LogP contribution in [0.15, 0.2) is 36.5 Å². The minimum absolute atomic E-state index is 0.230. The highest BCUT2D eigenvalue weighted by Gasteiger charge is 2.13. The highest BCUT2D eigenvalue weighted by atomic mass is 16.5. The van der Waals surface area contributed by atoms with Gasteiger partial charge in [-0.15, -0.1) is 0 Å². The molecule has 0 aliphatic heterocycles. The van der Waals surface area contributed by atoms with Gasteiger partial charge in [0.25, 0.3) is 5.91 Å². The van der Waals surface area contributed by atoms with E-state index in [4.69, 9.17) is 4.74 Å². The van der Waals surface area contributed by atoms with Gasteiger partial charge < -0.3 is 15.4 Å². The molecule has 2 aromatic rings. The molecule has 0 saturated heterocycles. The zero-order valence-electron chi connectivity index (χ0n) is 14.6. The van der Waals surface area contributed by atoms with Crippen LogP contribution in [-0.2, 0) is 4.74 Å². The Morgan fingerprint density at radius 1 is 1.20 bits per heavy atom. The number of nitrogens with one attached hydrogen (secondary N) is 2. The number of benzene rings is 1. The van der Waals surface area contributed by atoms with E-state index in [9.17, 15) is 9.59 Å². The van der Waals surface area contributed by atoms with E-state index in [0.29, 0.717) is 23.7 Å². The van der Waals surface area contributed by atoms with Crippen molar-refractivity contribution < 1.29 is 14.3 Å². The van der Waals surface area contributed by atoms with E-state index >= 15 is 0 Å². The summed E-state index contributed by atoms with van der Waals surface area (Å²) in [6.45, 7) is 4.78. The van der Waals surface area contributed by atoms with Crippen molar-refractivity contribution in [3.05, 3.63) is 47.8 Å². The van der Waals surface area contributed by atoms with Crippen molar-refractivity contribution in [2.75, 3.05) is 19.0 Å². The third-order valence-electron chi connectivity index (χ3n) is 3.47. The van der Waals surface area contributed by atoms with E-state index in [1.54, 1.807) is 30.3 Å². The van der Waals surface area contributed by atoms with Crippen molar-refractivity contribution in [3.63, 3.8) is 0 Å². The van der Waals surface area contributed by atoms with Crippen LogP contribution in [0.2, 0.25) is 0 Å². The highest BCUT2D eigenvalue weighted by molar-refractivity contribution is 5.96. The molecule has 0 aliphatic rings. The standard InChI is InChI=1S/C18H22N4O3/c1-12(2)8-10-19-16(23)15-9-11-20-18(22-15)21-14-7-5-4-6-13(14)17(24)25-3/h4-7,9,11-12H,8,10H2,1-3H3,(H,19,23)(H,20,21,22). The summed E-state index contributed by atoms with van der Waals surface area (Å²) in [6, 6.07) is 8.40. The predicted octanol–water partition coefficient (Wildman–Crippen LogP) is 2.78. The van der Waals surface area contributed by atoms with Crippen molar-refractivity contribution in [2.24, 2.45) is 5.92 Å². The van der Waals surface area contributed by atoms with Crippen molar-refractivity contribution in [1.82, 2.24) is 15.3 Å². The lowest BCUT2D eigenvalue weighted by molar-refractivity contribution is 0.0601. The van der Waals surface area contributed by atoms with Gasteiger partial charge in [-0.05, 0) is 30.5 Å². The fourth-order valence-corrected chi connectivity index (χ4v) is 2.11. The Bertz CT molecular complexity index is 747. The molecule has 0 bridgehead atoms. The zero-order chi connectivity index (χ0) is 18.2. The quantitative estimate of drug-likeness (QED) is 0.752. The van der Waals surface area contributed by atoms with E-state index < -0.39 is 5.97 Å². The number of methoxy groups -OCH3 is 1. The zero-order valence-corrected chi connectivity index (χ0v) is 14.6. The number of para-hydroxylation sites is 1. The second kappa shape index (κ2) is 8.77. The first-order chi connectivity index (χ1) is 12.0. The Balaban J connectivity index is 2.12. The number of hydrogen-bond donors (Lipinski definition) is 2. The lowest BCUT2D eigenvalue weighted by atomic mass is 10.1. The van der Waals surface area contributed by atoms with Gasteiger partial charge in [0.1, 0.15) is 5.69 Å². The molecular weight excluding hydrogens is 320 g/mol. The Labute approximate surface area is 146 Å². The molecule has 0 fully saturated rings. The van der Waals surface area contributed by atoms with Gasteiger partial charge in [0.05, 0.1) is 18.4 Å². The number of nitrogens with zero attached hydrogens (tertiary/aromatic N) is 2. The minimum atomic E-state index is -0.467. The van der Waals surface area contributed by atoms with E-state index in [1.807, 2.05) is 0 Å². The summed E-state index contributed by atoms with van der Waals surface area (Å²) in [4.78, 5) is 32.3. The van der Waals surface area contributed by atoms with Crippen LogP contribution >= 0.6 is 0 Å². The van der Waals surface area contributed by atoms with Gasteiger partial charge in [0, 0.05) is 12.7 Å². The number of carbonyl (C=O) groups excluding carboxylic acids is 2. The van der Waals surface area contributed by atoms with Gasteiger partial charge in [-0.2, -0.15) is 0 Å². The van der Waals surface area contributed by atoms with Gasteiger partial charge in [0.15, 0.2) is 0 Å². The maximum absolute atomic E-state index is 12.1. The molecule has 1 aromatic carbocycles. The Kier molecular flexibility index (Phi) is 6.45. The fourth-order valence-electron chi connectivity index (χ4n) is 2.11. The van der Waals surface area contributed by atoms with E-state index in [1.165, 1.54) is 13.3 Å². The van der Waals surface area contributed by atoms with Gasteiger partial charge in [-0.1, -0.05) is 26.0 Å². The van der Waals surface area contributed by atoms with E-state index in [-0.39, 0.29) is 17.5 Å². The number of aromatic nitrogens is 2. The van der Waals surface area contributed by atoms with E-state index in [0.717, 1.165) is 6.42 Å². The Morgan fingerprint density at radius 3 is 2.68 bits per heavy atom. The van der Waals surface area contributed by atoms with E-state index in [2.05, 4.69) is 34.4 Å². The summed E-state index contributed by atoms with van der Waals surface area (Å²) in [5.74, 6) is 0.0173. The summed E-state index contributed by atoms with van der Waals surface area (Å²) >= 11 is 0. The summed E-state index contributed by atoms with van der Waals surface area (Å²) in [6.07, 6.45) is 2.39. The molecule has 132 valence electrons. The monoisotopic (exact) mass is 342 g/mol. The fraction of sp³-hybridized carbons (Fsp3) is 0.333. The molecule has 7 nitrogen and oxygen atoms in total. The van der Waals surface area contributed by atoms with Gasteiger partial charge in [-0.3, -0.25) is 4.79 Å². The third kappa shape index (κ3) is 5.27. The smallest absolute Gasteiger partial charge is 0.339 e. The van der Waals surface area contributed by atoms with Crippen LogP contribution in [0.1, 0.15) is 41.1 Å². The first-order valence-electron chi connectivity index (χ1n) is 8.07. The summed E-state index contributed by atoms with van der Waals surface area (Å²) < 4.78 is 4.76. The number of anilines is 2. The van der Waals surface area contributed by atoms with Crippen LogP contribution in [-0.4, -0.2) is 35.5 Å². The predicted molar refractivity (Wildman–Crippen MR) is 94.9 cm³/mol. The maximum atomic E-state index is 12.1. The van der Waals surface area contributed by atoms with Crippen LogP contribution in [0.5, 0.6) is 0 Å². The average Bonchev–Trinajstić information content (AvgIpc) is 2.61. The summed E-state index contributed by atoms with van der Waals surface area (Å²) in [5.41, 5.74) is 1.13. The molecule has 7 heteroatoms. The highest BCUT2D eigenvalue weighted by Crippen LogP contribution is 2.19. The molecule has 0 saturated carbocycles. The summed E-state index contributed by atoms with van der Waals surface area (Å²) in [5, 5.41) is 5.78.